The van der Waals surface area contributed by atoms with Crippen molar-refractivity contribution in [3.63, 3.8) is 0 Å². The SMILES string of the molecule is CC(C)(C)OC(=O)C(F)(F)c1cccc(CBr)c1. The normalized spacial score (nSPS) is 12.3. The molecule has 0 amide bonds. The Labute approximate surface area is 113 Å². The Balaban J connectivity index is 3.01. The highest BCUT2D eigenvalue weighted by molar-refractivity contribution is 9.08. The first-order chi connectivity index (χ1) is 8.16. The van der Waals surface area contributed by atoms with Gasteiger partial charge in [0, 0.05) is 10.9 Å². The molecule has 0 saturated heterocycles. The van der Waals surface area contributed by atoms with Gasteiger partial charge in [-0.25, -0.2) is 4.79 Å². The summed E-state index contributed by atoms with van der Waals surface area (Å²) in [6.07, 6.45) is 0. The van der Waals surface area contributed by atoms with Crippen molar-refractivity contribution in [1.29, 1.82) is 0 Å². The Morgan fingerprint density at radius 3 is 2.44 bits per heavy atom. The largest absolute Gasteiger partial charge is 0.455 e. The van der Waals surface area contributed by atoms with E-state index < -0.39 is 17.5 Å². The van der Waals surface area contributed by atoms with Crippen molar-refractivity contribution in [2.75, 3.05) is 0 Å². The molecule has 0 aliphatic rings. The molecule has 0 fully saturated rings. The lowest BCUT2D eigenvalue weighted by molar-refractivity contribution is -0.185. The number of hydrogen-bond acceptors (Lipinski definition) is 2. The number of ether oxygens (including phenoxy) is 1. The van der Waals surface area contributed by atoms with E-state index in [1.165, 1.54) is 18.2 Å². The summed E-state index contributed by atoms with van der Waals surface area (Å²) in [5.41, 5.74) is -0.613. The van der Waals surface area contributed by atoms with Gasteiger partial charge in [-0.15, -0.1) is 0 Å². The fourth-order valence-electron chi connectivity index (χ4n) is 1.31. The average molecular weight is 321 g/mol. The lowest BCUT2D eigenvalue weighted by Crippen LogP contribution is -2.35. The molecule has 0 N–H and O–H groups in total. The number of esters is 1. The van der Waals surface area contributed by atoms with Gasteiger partial charge in [0.05, 0.1) is 0 Å². The van der Waals surface area contributed by atoms with Crippen molar-refractivity contribution in [1.82, 2.24) is 0 Å². The zero-order chi connectivity index (χ0) is 14.0. The van der Waals surface area contributed by atoms with Crippen LogP contribution in [-0.2, 0) is 20.8 Å². The fraction of sp³-hybridized carbons (Fsp3) is 0.462. The summed E-state index contributed by atoms with van der Waals surface area (Å²) in [6, 6.07) is 5.70. The van der Waals surface area contributed by atoms with E-state index in [-0.39, 0.29) is 5.56 Å². The number of alkyl halides is 3. The number of carbonyl (C=O) groups excluding carboxylic acids is 1. The van der Waals surface area contributed by atoms with Crippen LogP contribution in [0, 0.1) is 0 Å². The molecule has 5 heteroatoms. The summed E-state index contributed by atoms with van der Waals surface area (Å²) >= 11 is 3.18. The van der Waals surface area contributed by atoms with Gasteiger partial charge in [0.2, 0.25) is 0 Å². The third-order valence-electron chi connectivity index (χ3n) is 2.10. The van der Waals surface area contributed by atoms with Crippen LogP contribution in [0.2, 0.25) is 0 Å². The summed E-state index contributed by atoms with van der Waals surface area (Å²) in [4.78, 5) is 11.5. The van der Waals surface area contributed by atoms with Crippen molar-refractivity contribution in [3.05, 3.63) is 35.4 Å². The molecule has 1 aromatic rings. The van der Waals surface area contributed by atoms with E-state index in [1.54, 1.807) is 26.8 Å². The van der Waals surface area contributed by atoms with Gasteiger partial charge in [-0.3, -0.25) is 0 Å². The molecular formula is C13H15BrF2O2. The predicted molar refractivity (Wildman–Crippen MR) is 68.8 cm³/mol. The quantitative estimate of drug-likeness (QED) is 0.621. The molecule has 0 aliphatic heterocycles. The Morgan fingerprint density at radius 1 is 1.33 bits per heavy atom. The van der Waals surface area contributed by atoms with E-state index in [2.05, 4.69) is 15.9 Å². The molecule has 2 nitrogen and oxygen atoms in total. The molecule has 0 aromatic heterocycles. The van der Waals surface area contributed by atoms with Crippen molar-refractivity contribution in [3.8, 4) is 0 Å². The molecule has 0 unspecified atom stereocenters. The Hall–Kier alpha value is -0.970. The van der Waals surface area contributed by atoms with Crippen LogP contribution in [0.4, 0.5) is 8.78 Å². The molecule has 0 heterocycles. The molecule has 0 spiro atoms. The molecule has 0 radical (unpaired) electrons. The van der Waals surface area contributed by atoms with Crippen LogP contribution >= 0.6 is 15.9 Å². The first-order valence-corrected chi connectivity index (χ1v) is 6.55. The maximum Gasteiger partial charge on any atom is 0.382 e. The predicted octanol–water partition coefficient (Wildman–Crippen LogP) is 4.02. The van der Waals surface area contributed by atoms with Crippen LogP contribution < -0.4 is 0 Å². The maximum atomic E-state index is 13.9. The van der Waals surface area contributed by atoms with Crippen molar-refractivity contribution in [2.45, 2.75) is 37.6 Å². The average Bonchev–Trinajstić information content (AvgIpc) is 2.27. The lowest BCUT2D eigenvalue weighted by Gasteiger charge is -2.23. The molecule has 0 saturated carbocycles. The van der Waals surface area contributed by atoms with Crippen LogP contribution in [0.5, 0.6) is 0 Å². The third kappa shape index (κ3) is 3.77. The Bertz CT molecular complexity index is 439. The Kier molecular flexibility index (Phi) is 4.48. The maximum absolute atomic E-state index is 13.9. The first-order valence-electron chi connectivity index (χ1n) is 5.43. The highest BCUT2D eigenvalue weighted by Gasteiger charge is 2.44. The summed E-state index contributed by atoms with van der Waals surface area (Å²) in [5.74, 6) is -5.16. The topological polar surface area (TPSA) is 26.3 Å². The van der Waals surface area contributed by atoms with E-state index in [4.69, 9.17) is 4.74 Å². The minimum absolute atomic E-state index is 0.353. The van der Waals surface area contributed by atoms with Gasteiger partial charge in [-0.2, -0.15) is 8.78 Å². The van der Waals surface area contributed by atoms with E-state index >= 15 is 0 Å². The monoisotopic (exact) mass is 320 g/mol. The van der Waals surface area contributed by atoms with Gasteiger partial charge in [-0.1, -0.05) is 34.1 Å². The minimum atomic E-state index is -3.63. The van der Waals surface area contributed by atoms with Gasteiger partial charge in [0.25, 0.3) is 0 Å². The number of benzene rings is 1. The lowest BCUT2D eigenvalue weighted by atomic mass is 10.1. The fourth-order valence-corrected chi connectivity index (χ4v) is 1.66. The zero-order valence-electron chi connectivity index (χ0n) is 10.5. The zero-order valence-corrected chi connectivity index (χ0v) is 12.1. The molecule has 0 aliphatic carbocycles. The number of hydrogen-bond donors (Lipinski definition) is 0. The second kappa shape index (κ2) is 5.34. The first kappa shape index (κ1) is 15.1. The molecule has 1 rings (SSSR count). The third-order valence-corrected chi connectivity index (χ3v) is 2.75. The smallest absolute Gasteiger partial charge is 0.382 e. The van der Waals surface area contributed by atoms with Crippen LogP contribution in [0.3, 0.4) is 0 Å². The van der Waals surface area contributed by atoms with Gasteiger partial charge < -0.3 is 4.74 Å². The van der Waals surface area contributed by atoms with Crippen LogP contribution in [0.15, 0.2) is 24.3 Å². The molecule has 0 bridgehead atoms. The Morgan fingerprint density at radius 2 is 1.94 bits per heavy atom. The second-order valence-corrected chi connectivity index (χ2v) is 5.47. The molecule has 18 heavy (non-hydrogen) atoms. The van der Waals surface area contributed by atoms with Crippen LogP contribution in [0.1, 0.15) is 31.9 Å². The summed E-state index contributed by atoms with van der Waals surface area (Å²) in [6.45, 7) is 4.65. The number of halogens is 3. The van der Waals surface area contributed by atoms with E-state index in [0.717, 1.165) is 0 Å². The molecular weight excluding hydrogens is 306 g/mol. The molecule has 100 valence electrons. The number of carbonyl (C=O) groups is 1. The van der Waals surface area contributed by atoms with Gasteiger partial charge >= 0.3 is 11.9 Å². The number of rotatable bonds is 3. The minimum Gasteiger partial charge on any atom is -0.455 e. The molecule has 0 atom stereocenters. The highest BCUT2D eigenvalue weighted by Crippen LogP contribution is 2.31. The summed E-state index contributed by atoms with van der Waals surface area (Å²) < 4.78 is 32.5. The van der Waals surface area contributed by atoms with Crippen LogP contribution in [-0.4, -0.2) is 11.6 Å². The van der Waals surface area contributed by atoms with Crippen molar-refractivity contribution >= 4 is 21.9 Å². The van der Waals surface area contributed by atoms with Crippen LogP contribution in [0.25, 0.3) is 0 Å². The van der Waals surface area contributed by atoms with Gasteiger partial charge in [-0.05, 0) is 32.4 Å². The standard InChI is InChI=1S/C13H15BrF2O2/c1-12(2,3)18-11(17)13(15,16)10-6-4-5-9(7-10)8-14/h4-7H,8H2,1-3H3. The van der Waals surface area contributed by atoms with E-state index in [1.807, 2.05) is 0 Å². The second-order valence-electron chi connectivity index (χ2n) is 4.91. The van der Waals surface area contributed by atoms with Crippen molar-refractivity contribution in [2.24, 2.45) is 0 Å². The summed E-state index contributed by atoms with van der Waals surface area (Å²) in [5, 5.41) is 0.450. The summed E-state index contributed by atoms with van der Waals surface area (Å²) in [7, 11) is 0. The highest BCUT2D eigenvalue weighted by atomic mass is 79.9. The molecule has 1 aromatic carbocycles. The van der Waals surface area contributed by atoms with Gasteiger partial charge in [0.15, 0.2) is 0 Å². The van der Waals surface area contributed by atoms with Crippen molar-refractivity contribution < 1.29 is 18.3 Å². The van der Waals surface area contributed by atoms with E-state index in [9.17, 15) is 13.6 Å². The van der Waals surface area contributed by atoms with E-state index in [0.29, 0.717) is 10.9 Å². The van der Waals surface area contributed by atoms with Gasteiger partial charge in [0.1, 0.15) is 5.60 Å².